The molecular weight excluding hydrogens is 1350 g/mol. The smallest absolute Gasteiger partial charge is 0.165 e. The maximum Gasteiger partial charge on any atom is 0.165 e. The molecule has 0 unspecified atom stereocenters. The lowest BCUT2D eigenvalue weighted by Gasteiger charge is -2.11. The van der Waals surface area contributed by atoms with Gasteiger partial charge in [-0.1, -0.05) is 279 Å². The van der Waals surface area contributed by atoms with E-state index >= 15 is 0 Å². The predicted octanol–water partition coefficient (Wildman–Crippen LogP) is 25.7. The number of hydrogen-bond acceptors (Lipinski definition) is 12. The van der Waals surface area contributed by atoms with Gasteiger partial charge in [-0.15, -0.1) is 45.3 Å². The first-order valence-corrected chi connectivity index (χ1v) is 37.6. The Bertz CT molecular complexity index is 6560. The molecular formula is C92H54N8S4. The monoisotopic (exact) mass is 1400 g/mol. The molecule has 0 aliphatic heterocycles. The highest BCUT2D eigenvalue weighted by Gasteiger charge is 2.23. The highest BCUT2D eigenvalue weighted by molar-refractivity contribution is 7.27. The van der Waals surface area contributed by atoms with Crippen LogP contribution in [0.4, 0.5) is 0 Å². The van der Waals surface area contributed by atoms with Gasteiger partial charge >= 0.3 is 0 Å². The molecule has 0 fully saturated rings. The number of thiophene rings is 2. The molecule has 0 bridgehead atoms. The van der Waals surface area contributed by atoms with Gasteiger partial charge in [0.1, 0.15) is 10.0 Å². The molecule has 8 nitrogen and oxygen atoms in total. The number of benzene rings is 14. The molecule has 0 aliphatic rings. The van der Waals surface area contributed by atoms with Gasteiger partial charge in [-0.3, -0.25) is 0 Å². The van der Waals surface area contributed by atoms with E-state index < -0.39 is 0 Å². The summed E-state index contributed by atoms with van der Waals surface area (Å²) < 4.78 is 6.97. The molecule has 0 amide bonds. The summed E-state index contributed by atoms with van der Waals surface area (Å²) in [5.74, 6) is 3.83. The van der Waals surface area contributed by atoms with Crippen LogP contribution in [-0.4, -0.2) is 39.9 Å². The quantitative estimate of drug-likeness (QED) is 0.112. The van der Waals surface area contributed by atoms with Crippen LogP contribution in [0.5, 0.6) is 0 Å². The van der Waals surface area contributed by atoms with Gasteiger partial charge in [0.2, 0.25) is 0 Å². The normalized spacial score (nSPS) is 11.7. The topological polar surface area (TPSA) is 103 Å². The summed E-state index contributed by atoms with van der Waals surface area (Å²) >= 11 is 7.04. The second-order valence-corrected chi connectivity index (χ2v) is 29.8. The second-order valence-electron chi connectivity index (χ2n) is 25.7. The largest absolute Gasteiger partial charge is 0.236 e. The van der Waals surface area contributed by atoms with Crippen LogP contribution < -0.4 is 0 Å². The zero-order valence-electron chi connectivity index (χ0n) is 55.4. The van der Waals surface area contributed by atoms with Gasteiger partial charge in [-0.25, -0.2) is 39.9 Å². The van der Waals surface area contributed by atoms with Crippen LogP contribution in [0.15, 0.2) is 328 Å². The van der Waals surface area contributed by atoms with E-state index in [4.69, 9.17) is 39.9 Å². The van der Waals surface area contributed by atoms with E-state index in [0.29, 0.717) is 34.9 Å². The van der Waals surface area contributed by atoms with E-state index in [1.165, 1.54) is 42.2 Å². The lowest BCUT2D eigenvalue weighted by atomic mass is 9.94. The van der Waals surface area contributed by atoms with Crippen molar-refractivity contribution >= 4 is 106 Å². The first-order valence-electron chi connectivity index (χ1n) is 34.3. The maximum absolute atomic E-state index is 5.29. The van der Waals surface area contributed by atoms with E-state index in [9.17, 15) is 0 Å². The van der Waals surface area contributed by atoms with Crippen molar-refractivity contribution in [3.63, 3.8) is 0 Å². The van der Waals surface area contributed by atoms with Gasteiger partial charge in [0.05, 0.1) is 20.4 Å². The van der Waals surface area contributed by atoms with Crippen LogP contribution in [0, 0.1) is 0 Å². The van der Waals surface area contributed by atoms with Crippen LogP contribution in [0.2, 0.25) is 0 Å². The average Bonchev–Trinajstić information content (AvgIpc) is 1.59. The van der Waals surface area contributed by atoms with Crippen LogP contribution in [0.25, 0.3) is 206 Å². The molecule has 0 saturated carbocycles. The third-order valence-corrected chi connectivity index (χ3v) is 24.1. The van der Waals surface area contributed by atoms with Crippen molar-refractivity contribution in [2.24, 2.45) is 0 Å². The first-order chi connectivity index (χ1) is 51.5. The summed E-state index contributed by atoms with van der Waals surface area (Å²) in [6.45, 7) is 0. The summed E-state index contributed by atoms with van der Waals surface area (Å²) in [6, 6.07) is 116. The molecule has 486 valence electrons. The van der Waals surface area contributed by atoms with Gasteiger partial charge in [0.25, 0.3) is 0 Å². The van der Waals surface area contributed by atoms with Gasteiger partial charge in [0, 0.05) is 90.4 Å². The molecule has 12 heteroatoms. The van der Waals surface area contributed by atoms with Crippen molar-refractivity contribution in [3.05, 3.63) is 328 Å². The lowest BCUT2D eigenvalue weighted by Crippen LogP contribution is -2.00. The Balaban J connectivity index is 0.624. The molecule has 0 radical (unpaired) electrons. The average molecular weight is 1400 g/mol. The zero-order chi connectivity index (χ0) is 68.6. The molecule has 14 aromatic carbocycles. The standard InChI is InChI=1S/C92H54N8S4/c1-6-19-55(20-7-1)67-47-49-77-80(54-67)102-91(93-77)64-45-41-59(42-46-64)75-51-68(52-76-72-32-18-34-74(83(72)104-84(75)76)90-99-87(62-25-12-4-13-26-62)96-88(100-90)63-27-14-5-15-28-63)57-37-35-56(36-38-57)66-48-50-79-78(53-66)94-92(101-79)65-43-39-58(40-44-65)69-29-16-30-70-71-31-17-33-73(82(71)103-81(69)70)89-97-85(60-21-8-2-9-22-60)95-86(98-89)61-23-10-3-11-24-61/h1-54H. The number of aromatic nitrogens is 8. The van der Waals surface area contributed by atoms with Crippen molar-refractivity contribution in [2.75, 3.05) is 0 Å². The highest BCUT2D eigenvalue weighted by Crippen LogP contribution is 2.48. The highest BCUT2D eigenvalue weighted by atomic mass is 32.1. The van der Waals surface area contributed by atoms with Crippen molar-refractivity contribution in [3.8, 4) is 145 Å². The third-order valence-electron chi connectivity index (χ3n) is 19.3. The Labute approximate surface area is 614 Å². The van der Waals surface area contributed by atoms with Crippen LogP contribution >= 0.6 is 45.3 Å². The Morgan fingerprint density at radius 1 is 0.163 bits per heavy atom. The van der Waals surface area contributed by atoms with E-state index in [1.54, 1.807) is 45.3 Å². The Hall–Kier alpha value is -12.7. The molecule has 0 aliphatic carbocycles. The Kier molecular flexibility index (Phi) is 15.1. The molecule has 0 spiro atoms. The number of nitrogens with zero attached hydrogens (tertiary/aromatic N) is 8. The minimum atomic E-state index is 0.631. The van der Waals surface area contributed by atoms with E-state index in [-0.39, 0.29) is 0 Å². The summed E-state index contributed by atoms with van der Waals surface area (Å²) in [6.07, 6.45) is 0. The molecule has 20 rings (SSSR count). The predicted molar refractivity (Wildman–Crippen MR) is 436 cm³/mol. The van der Waals surface area contributed by atoms with Gasteiger partial charge < -0.3 is 0 Å². The van der Waals surface area contributed by atoms with Crippen LogP contribution in [0.3, 0.4) is 0 Å². The molecule has 20 aromatic rings. The van der Waals surface area contributed by atoms with Crippen LogP contribution in [-0.2, 0) is 0 Å². The maximum atomic E-state index is 5.29. The second kappa shape index (κ2) is 25.7. The van der Waals surface area contributed by atoms with Crippen molar-refractivity contribution < 1.29 is 0 Å². The Morgan fingerprint density at radius 2 is 0.510 bits per heavy atom. The fourth-order valence-corrected chi connectivity index (χ4v) is 18.7. The molecule has 0 saturated heterocycles. The van der Waals surface area contributed by atoms with E-state index in [1.807, 2.05) is 97.1 Å². The minimum absolute atomic E-state index is 0.631. The SMILES string of the molecule is c1ccc(-c2ccc3nc(-c4ccc(-c5cc(-c6ccc(-c7ccc8sc(-c9ccc(-c%10cccc%11c%10sc%10c(-c%12nc(-c%13ccccc%13)nc(-c%13ccccc%13)n%12)cccc%10%11)cc9)nc8c7)cc6)cc6c5sc5c(-c7nc(-c8ccccc8)nc(-c8ccccc8)n7)cccc56)cc4)sc3c2)cc1. The first kappa shape index (κ1) is 61.2. The summed E-state index contributed by atoms with van der Waals surface area (Å²) in [7, 11) is 0. The van der Waals surface area contributed by atoms with E-state index in [0.717, 1.165) is 129 Å². The van der Waals surface area contributed by atoms with Crippen molar-refractivity contribution in [1.29, 1.82) is 0 Å². The van der Waals surface area contributed by atoms with Crippen LogP contribution in [0.1, 0.15) is 0 Å². The summed E-state index contributed by atoms with van der Waals surface area (Å²) in [4.78, 5) is 41.2. The van der Waals surface area contributed by atoms with Gasteiger partial charge in [-0.2, -0.15) is 0 Å². The molecule has 6 aromatic heterocycles. The number of hydrogen-bond donors (Lipinski definition) is 0. The van der Waals surface area contributed by atoms with Gasteiger partial charge in [0.15, 0.2) is 34.9 Å². The summed E-state index contributed by atoms with van der Waals surface area (Å²) in [5.41, 5.74) is 21.3. The molecule has 6 heterocycles. The zero-order valence-corrected chi connectivity index (χ0v) is 58.7. The number of rotatable bonds is 13. The molecule has 104 heavy (non-hydrogen) atoms. The van der Waals surface area contributed by atoms with Crippen molar-refractivity contribution in [1.82, 2.24) is 39.9 Å². The minimum Gasteiger partial charge on any atom is -0.236 e. The summed E-state index contributed by atoms with van der Waals surface area (Å²) in [5, 5.41) is 6.67. The number of fused-ring (bicyclic) bond motifs is 8. The molecule has 0 N–H and O–H groups in total. The van der Waals surface area contributed by atoms with E-state index in [2.05, 4.69) is 231 Å². The lowest BCUT2D eigenvalue weighted by molar-refractivity contribution is 1.08. The van der Waals surface area contributed by atoms with Gasteiger partial charge in [-0.05, 0) is 98.6 Å². The fraction of sp³-hybridized carbons (Fsp3) is 0. The molecule has 0 atom stereocenters. The Morgan fingerprint density at radius 3 is 1.01 bits per heavy atom. The third kappa shape index (κ3) is 11.2. The number of thiazole rings is 2. The van der Waals surface area contributed by atoms with Crippen molar-refractivity contribution in [2.45, 2.75) is 0 Å². The fourth-order valence-electron chi connectivity index (χ4n) is 14.1.